The molecule has 0 aliphatic rings. The molecule has 0 N–H and O–H groups in total. The molecule has 0 amide bonds. The van der Waals surface area contributed by atoms with Gasteiger partial charge in [-0.15, -0.1) is 16.4 Å². The first-order valence-electron chi connectivity index (χ1n) is 7.55. The monoisotopic (exact) mass is 401 g/mol. The summed E-state index contributed by atoms with van der Waals surface area (Å²) in [5.74, 6) is 0.781. The zero-order chi connectivity index (χ0) is 17.9. The van der Waals surface area contributed by atoms with Crippen LogP contribution in [0.4, 0.5) is 0 Å². The van der Waals surface area contributed by atoms with Crippen LogP contribution >= 0.6 is 34.7 Å². The molecule has 0 spiro atoms. The van der Waals surface area contributed by atoms with Crippen molar-refractivity contribution < 1.29 is 4.74 Å². The summed E-state index contributed by atoms with van der Waals surface area (Å²) in [4.78, 5) is 4.66. The van der Waals surface area contributed by atoms with Crippen LogP contribution in [-0.2, 0) is 0 Å². The van der Waals surface area contributed by atoms with Gasteiger partial charge in [0.15, 0.2) is 4.34 Å². The summed E-state index contributed by atoms with van der Waals surface area (Å²) >= 11 is 8.91. The normalized spacial score (nSPS) is 10.8. The van der Waals surface area contributed by atoms with Gasteiger partial charge in [-0.1, -0.05) is 23.7 Å². The number of hydrogen-bond donors (Lipinski definition) is 0. The first-order chi connectivity index (χ1) is 12.7. The molecule has 4 rings (SSSR count). The molecule has 0 aliphatic carbocycles. The van der Waals surface area contributed by atoms with E-state index in [2.05, 4.69) is 20.5 Å². The molecule has 0 unspecified atom stereocenters. The standard InChI is InChI=1S/C17H12ClN5OS2/c1-24-14-8-6-13(7-9-14)23-16(20-21-22-23)26-17-19-15(10-25-17)11-2-4-12(18)5-3-11/h2-10H,1H3. The first-order valence-corrected chi connectivity index (χ1v) is 9.62. The number of tetrazole rings is 1. The van der Waals surface area contributed by atoms with Crippen molar-refractivity contribution in [3.8, 4) is 22.7 Å². The van der Waals surface area contributed by atoms with Crippen molar-refractivity contribution in [2.24, 2.45) is 0 Å². The molecule has 0 saturated carbocycles. The second-order valence-corrected chi connectivity index (χ2v) is 7.69. The number of thiazole rings is 1. The van der Waals surface area contributed by atoms with Gasteiger partial charge in [0, 0.05) is 16.0 Å². The van der Waals surface area contributed by atoms with Crippen molar-refractivity contribution in [2.75, 3.05) is 7.11 Å². The van der Waals surface area contributed by atoms with E-state index in [0.717, 1.165) is 27.0 Å². The predicted molar refractivity (Wildman–Crippen MR) is 102 cm³/mol. The van der Waals surface area contributed by atoms with Gasteiger partial charge in [0.25, 0.3) is 0 Å². The maximum absolute atomic E-state index is 5.94. The van der Waals surface area contributed by atoms with Crippen LogP contribution in [-0.4, -0.2) is 32.3 Å². The van der Waals surface area contributed by atoms with Crippen molar-refractivity contribution in [1.82, 2.24) is 25.2 Å². The second kappa shape index (κ2) is 7.45. The highest BCUT2D eigenvalue weighted by Crippen LogP contribution is 2.33. The lowest BCUT2D eigenvalue weighted by molar-refractivity contribution is 0.414. The Balaban J connectivity index is 1.57. The number of hydrogen-bond acceptors (Lipinski definition) is 7. The molecule has 4 aromatic rings. The summed E-state index contributed by atoms with van der Waals surface area (Å²) in [5, 5.41) is 15.3. The van der Waals surface area contributed by atoms with Gasteiger partial charge in [-0.2, -0.15) is 4.68 Å². The van der Waals surface area contributed by atoms with Gasteiger partial charge in [0.05, 0.1) is 18.5 Å². The van der Waals surface area contributed by atoms with Crippen LogP contribution in [0.5, 0.6) is 5.75 Å². The Hall–Kier alpha value is -2.42. The van der Waals surface area contributed by atoms with Crippen LogP contribution in [0.2, 0.25) is 5.02 Å². The quantitative estimate of drug-likeness (QED) is 0.487. The molecule has 26 heavy (non-hydrogen) atoms. The van der Waals surface area contributed by atoms with E-state index in [1.807, 2.05) is 53.9 Å². The van der Waals surface area contributed by atoms with Gasteiger partial charge in [0.1, 0.15) is 5.75 Å². The molecule has 2 heterocycles. The Kier molecular flexibility index (Phi) is 4.87. The highest BCUT2D eigenvalue weighted by Gasteiger charge is 2.13. The van der Waals surface area contributed by atoms with Crippen molar-refractivity contribution >= 4 is 34.7 Å². The molecule has 2 aromatic carbocycles. The maximum atomic E-state index is 5.94. The highest BCUT2D eigenvalue weighted by molar-refractivity contribution is 8.00. The summed E-state index contributed by atoms with van der Waals surface area (Å²) < 4.78 is 7.72. The summed E-state index contributed by atoms with van der Waals surface area (Å²) in [7, 11) is 1.63. The largest absolute Gasteiger partial charge is 0.497 e. The van der Waals surface area contributed by atoms with Crippen molar-refractivity contribution in [3.63, 3.8) is 0 Å². The lowest BCUT2D eigenvalue weighted by Gasteiger charge is -2.04. The maximum Gasteiger partial charge on any atom is 0.221 e. The van der Waals surface area contributed by atoms with Gasteiger partial charge < -0.3 is 4.74 Å². The van der Waals surface area contributed by atoms with E-state index in [9.17, 15) is 0 Å². The Morgan fingerprint density at radius 1 is 1.08 bits per heavy atom. The molecule has 0 bridgehead atoms. The van der Waals surface area contributed by atoms with Crippen LogP contribution in [0.3, 0.4) is 0 Å². The number of methoxy groups -OCH3 is 1. The van der Waals surface area contributed by atoms with Crippen molar-refractivity contribution in [2.45, 2.75) is 9.50 Å². The van der Waals surface area contributed by atoms with E-state index in [4.69, 9.17) is 16.3 Å². The molecule has 0 fully saturated rings. The van der Waals surface area contributed by atoms with Gasteiger partial charge in [-0.25, -0.2) is 4.98 Å². The third kappa shape index (κ3) is 3.57. The Morgan fingerprint density at radius 2 is 1.85 bits per heavy atom. The van der Waals surface area contributed by atoms with Crippen molar-refractivity contribution in [1.29, 1.82) is 0 Å². The van der Waals surface area contributed by atoms with Gasteiger partial charge in [-0.05, 0) is 58.6 Å². The Morgan fingerprint density at radius 3 is 2.58 bits per heavy atom. The molecule has 0 aliphatic heterocycles. The second-order valence-electron chi connectivity index (χ2n) is 5.18. The average molecular weight is 402 g/mol. The molecule has 0 saturated heterocycles. The van der Waals surface area contributed by atoms with E-state index < -0.39 is 0 Å². The van der Waals surface area contributed by atoms with Crippen molar-refractivity contribution in [3.05, 3.63) is 58.9 Å². The Bertz CT molecular complexity index is 1010. The summed E-state index contributed by atoms with van der Waals surface area (Å²) in [6, 6.07) is 15.2. The fourth-order valence-electron chi connectivity index (χ4n) is 2.26. The topological polar surface area (TPSA) is 65.7 Å². The molecule has 0 atom stereocenters. The average Bonchev–Trinajstić information content (AvgIpc) is 3.33. The number of ether oxygens (including phenoxy) is 1. The number of aromatic nitrogens is 5. The van der Waals surface area contributed by atoms with Gasteiger partial charge >= 0.3 is 0 Å². The summed E-state index contributed by atoms with van der Waals surface area (Å²) in [6.45, 7) is 0. The predicted octanol–water partition coefficient (Wildman–Crippen LogP) is 4.60. The van der Waals surface area contributed by atoms with E-state index in [0.29, 0.717) is 10.2 Å². The highest BCUT2D eigenvalue weighted by atomic mass is 35.5. The summed E-state index contributed by atoms with van der Waals surface area (Å²) in [5.41, 5.74) is 2.78. The fraction of sp³-hybridized carbons (Fsp3) is 0.0588. The third-order valence-corrected chi connectivity index (χ3v) is 5.69. The van der Waals surface area contributed by atoms with Crippen LogP contribution in [0.25, 0.3) is 16.9 Å². The minimum Gasteiger partial charge on any atom is -0.497 e. The third-order valence-electron chi connectivity index (χ3n) is 3.56. The van der Waals surface area contributed by atoms with E-state index in [-0.39, 0.29) is 0 Å². The van der Waals surface area contributed by atoms with E-state index >= 15 is 0 Å². The molecular weight excluding hydrogens is 390 g/mol. The number of benzene rings is 2. The lowest BCUT2D eigenvalue weighted by Crippen LogP contribution is -1.98. The van der Waals surface area contributed by atoms with Gasteiger partial charge in [0.2, 0.25) is 5.16 Å². The van der Waals surface area contributed by atoms with E-state index in [1.165, 1.54) is 11.8 Å². The minimum atomic E-state index is 0.646. The minimum absolute atomic E-state index is 0.646. The zero-order valence-corrected chi connectivity index (χ0v) is 15.9. The van der Waals surface area contributed by atoms with Crippen LogP contribution < -0.4 is 4.74 Å². The van der Waals surface area contributed by atoms with Crippen LogP contribution in [0, 0.1) is 0 Å². The molecule has 2 aromatic heterocycles. The molecule has 130 valence electrons. The smallest absolute Gasteiger partial charge is 0.221 e. The van der Waals surface area contributed by atoms with E-state index in [1.54, 1.807) is 23.1 Å². The molecule has 0 radical (unpaired) electrons. The number of rotatable bonds is 5. The summed E-state index contributed by atoms with van der Waals surface area (Å²) in [6.07, 6.45) is 0. The fourth-order valence-corrected chi connectivity index (χ4v) is 4.11. The molecule has 6 nitrogen and oxygen atoms in total. The van der Waals surface area contributed by atoms with Crippen LogP contribution in [0.1, 0.15) is 0 Å². The lowest BCUT2D eigenvalue weighted by atomic mass is 10.2. The Labute approximate surface area is 162 Å². The van der Waals surface area contributed by atoms with Crippen LogP contribution in [0.15, 0.2) is 63.4 Å². The molecule has 9 heteroatoms. The first kappa shape index (κ1) is 17.0. The number of halogens is 1. The number of nitrogens with zero attached hydrogens (tertiary/aromatic N) is 5. The zero-order valence-electron chi connectivity index (χ0n) is 13.5. The SMILES string of the molecule is COc1ccc(-n2nnnc2Sc2nc(-c3ccc(Cl)cc3)cs2)cc1. The van der Waals surface area contributed by atoms with Gasteiger partial charge in [-0.3, -0.25) is 0 Å². The molecular formula is C17H12ClN5OS2.